The predicted molar refractivity (Wildman–Crippen MR) is 99.9 cm³/mol. The van der Waals surface area contributed by atoms with Gasteiger partial charge in [0.2, 0.25) is 0 Å². The van der Waals surface area contributed by atoms with Gasteiger partial charge >= 0.3 is 5.97 Å². The molecule has 0 aliphatic carbocycles. The van der Waals surface area contributed by atoms with E-state index in [1.807, 2.05) is 6.07 Å². The number of esters is 1. The fraction of sp³-hybridized carbons (Fsp3) is 0.556. The number of carbonyl (C=O) groups excluding carboxylic acids is 2. The second-order valence-corrected chi connectivity index (χ2v) is 8.71. The summed E-state index contributed by atoms with van der Waals surface area (Å²) in [5.74, 6) is -1.07. The van der Waals surface area contributed by atoms with Crippen molar-refractivity contribution in [2.24, 2.45) is 0 Å². The number of unbranched alkanes of at least 4 members (excludes halogenated alkanes) is 1. The highest BCUT2D eigenvalue weighted by molar-refractivity contribution is 7.91. The molecule has 2 atom stereocenters. The Balaban J connectivity index is 1.93. The summed E-state index contributed by atoms with van der Waals surface area (Å²) in [5, 5.41) is 5.83. The Morgan fingerprint density at radius 2 is 2.04 bits per heavy atom. The van der Waals surface area contributed by atoms with E-state index in [0.29, 0.717) is 17.7 Å². The van der Waals surface area contributed by atoms with Crippen molar-refractivity contribution in [1.82, 2.24) is 5.32 Å². The summed E-state index contributed by atoms with van der Waals surface area (Å²) in [6.07, 6.45) is 1.40. The largest absolute Gasteiger partial charge is 0.449 e. The lowest BCUT2D eigenvalue weighted by molar-refractivity contribution is -0.129. The molecule has 7 nitrogen and oxygen atoms in total. The number of sulfone groups is 1. The second kappa shape index (κ2) is 9.02. The van der Waals surface area contributed by atoms with Gasteiger partial charge in [-0.2, -0.15) is 0 Å². The molecule has 1 aliphatic rings. The van der Waals surface area contributed by atoms with Gasteiger partial charge in [-0.3, -0.25) is 4.79 Å². The zero-order chi connectivity index (χ0) is 19.2. The number of ether oxygens (including phenoxy) is 1. The van der Waals surface area contributed by atoms with E-state index in [0.717, 1.165) is 19.4 Å². The van der Waals surface area contributed by atoms with Crippen molar-refractivity contribution in [2.75, 3.05) is 23.4 Å². The molecule has 0 unspecified atom stereocenters. The van der Waals surface area contributed by atoms with Crippen LogP contribution in [0.25, 0.3) is 0 Å². The number of anilines is 1. The van der Waals surface area contributed by atoms with Crippen LogP contribution in [-0.4, -0.2) is 50.5 Å². The van der Waals surface area contributed by atoms with Crippen LogP contribution in [0, 0.1) is 0 Å². The van der Waals surface area contributed by atoms with Crippen LogP contribution in [-0.2, 0) is 19.4 Å². The number of rotatable bonds is 8. The summed E-state index contributed by atoms with van der Waals surface area (Å²) >= 11 is 0. The van der Waals surface area contributed by atoms with E-state index in [4.69, 9.17) is 4.74 Å². The molecule has 0 aromatic heterocycles. The lowest BCUT2D eigenvalue weighted by Crippen LogP contribution is -2.42. The molecule has 144 valence electrons. The number of amides is 1. The quantitative estimate of drug-likeness (QED) is 0.525. The van der Waals surface area contributed by atoms with Gasteiger partial charge in [0.1, 0.15) is 0 Å². The second-order valence-electron chi connectivity index (χ2n) is 6.48. The van der Waals surface area contributed by atoms with Crippen LogP contribution < -0.4 is 10.6 Å². The van der Waals surface area contributed by atoms with Crippen LogP contribution in [0.5, 0.6) is 0 Å². The van der Waals surface area contributed by atoms with Crippen molar-refractivity contribution in [3.8, 4) is 0 Å². The normalized spacial score (nSPS) is 19.5. The maximum Gasteiger partial charge on any atom is 0.341 e. The van der Waals surface area contributed by atoms with Crippen LogP contribution in [0.2, 0.25) is 0 Å². The molecule has 0 spiro atoms. The first-order valence-corrected chi connectivity index (χ1v) is 10.7. The summed E-state index contributed by atoms with van der Waals surface area (Å²) in [7, 11) is -3.08. The van der Waals surface area contributed by atoms with Crippen molar-refractivity contribution in [2.45, 2.75) is 45.3 Å². The molecule has 1 aromatic rings. The molecule has 2 N–H and O–H groups in total. The van der Waals surface area contributed by atoms with Gasteiger partial charge in [0.15, 0.2) is 15.9 Å². The summed E-state index contributed by atoms with van der Waals surface area (Å²) in [4.78, 5) is 24.6. The van der Waals surface area contributed by atoms with E-state index in [1.165, 1.54) is 6.92 Å². The van der Waals surface area contributed by atoms with E-state index in [2.05, 4.69) is 17.6 Å². The van der Waals surface area contributed by atoms with Crippen molar-refractivity contribution in [3.63, 3.8) is 0 Å². The number of benzene rings is 1. The smallest absolute Gasteiger partial charge is 0.341 e. The summed E-state index contributed by atoms with van der Waals surface area (Å²) in [5.41, 5.74) is 1.03. The zero-order valence-electron chi connectivity index (χ0n) is 15.2. The molecule has 0 saturated carbocycles. The number of para-hydroxylation sites is 1. The Kier molecular flexibility index (Phi) is 7.02. The van der Waals surface area contributed by atoms with Gasteiger partial charge in [-0.05, 0) is 31.9 Å². The lowest BCUT2D eigenvalue weighted by atomic mass is 10.1. The molecular weight excluding hydrogens is 356 g/mol. The van der Waals surface area contributed by atoms with Gasteiger partial charge < -0.3 is 15.4 Å². The minimum atomic E-state index is -3.08. The summed E-state index contributed by atoms with van der Waals surface area (Å²) in [6.45, 7) is 4.30. The monoisotopic (exact) mass is 382 g/mol. The van der Waals surface area contributed by atoms with E-state index >= 15 is 0 Å². The van der Waals surface area contributed by atoms with E-state index in [1.54, 1.807) is 18.2 Å². The minimum Gasteiger partial charge on any atom is -0.449 e. The van der Waals surface area contributed by atoms with Crippen molar-refractivity contribution >= 4 is 27.4 Å². The average Bonchev–Trinajstić information content (AvgIpc) is 2.94. The number of hydrogen-bond acceptors (Lipinski definition) is 6. The molecule has 8 heteroatoms. The first-order chi connectivity index (χ1) is 12.3. The summed E-state index contributed by atoms with van der Waals surface area (Å²) in [6, 6.07) is 6.57. The Morgan fingerprint density at radius 1 is 1.31 bits per heavy atom. The standard InChI is InChI=1S/C18H26N2O5S/c1-3-4-10-19-16-8-6-5-7-15(16)18(22)25-13(2)17(21)20-14-9-11-26(23,24)12-14/h5-8,13-14,19H,3-4,9-12H2,1-2H3,(H,20,21)/t13-,14+/m1/s1. The van der Waals surface area contributed by atoms with Crippen LogP contribution in [0.3, 0.4) is 0 Å². The molecule has 1 amide bonds. The number of carbonyl (C=O) groups is 2. The molecule has 26 heavy (non-hydrogen) atoms. The van der Waals surface area contributed by atoms with E-state index < -0.39 is 33.9 Å². The minimum absolute atomic E-state index is 0.0659. The van der Waals surface area contributed by atoms with E-state index in [9.17, 15) is 18.0 Å². The molecule has 1 aliphatic heterocycles. The molecular formula is C18H26N2O5S. The van der Waals surface area contributed by atoms with Crippen LogP contribution in [0.4, 0.5) is 5.69 Å². The van der Waals surface area contributed by atoms with Crippen LogP contribution >= 0.6 is 0 Å². The maximum absolute atomic E-state index is 12.4. The van der Waals surface area contributed by atoms with Crippen molar-refractivity contribution in [3.05, 3.63) is 29.8 Å². The van der Waals surface area contributed by atoms with Crippen LogP contribution in [0.1, 0.15) is 43.5 Å². The fourth-order valence-corrected chi connectivity index (χ4v) is 4.39. The highest BCUT2D eigenvalue weighted by Crippen LogP contribution is 2.17. The van der Waals surface area contributed by atoms with E-state index in [-0.39, 0.29) is 11.5 Å². The van der Waals surface area contributed by atoms with Gasteiger partial charge in [0, 0.05) is 18.3 Å². The molecule has 1 saturated heterocycles. The third kappa shape index (κ3) is 5.72. The molecule has 0 bridgehead atoms. The first kappa shape index (κ1) is 20.2. The topological polar surface area (TPSA) is 102 Å². The lowest BCUT2D eigenvalue weighted by Gasteiger charge is -2.17. The van der Waals surface area contributed by atoms with Crippen molar-refractivity contribution in [1.29, 1.82) is 0 Å². The molecule has 1 fully saturated rings. The summed E-state index contributed by atoms with van der Waals surface area (Å²) < 4.78 is 28.2. The Hall–Kier alpha value is -2.09. The Morgan fingerprint density at radius 3 is 2.69 bits per heavy atom. The molecule has 1 heterocycles. The van der Waals surface area contributed by atoms with Crippen molar-refractivity contribution < 1.29 is 22.7 Å². The first-order valence-electron chi connectivity index (χ1n) is 8.87. The zero-order valence-corrected chi connectivity index (χ0v) is 16.0. The van der Waals surface area contributed by atoms with Crippen LogP contribution in [0.15, 0.2) is 24.3 Å². The number of nitrogens with one attached hydrogen (secondary N) is 2. The number of hydrogen-bond donors (Lipinski definition) is 2. The highest BCUT2D eigenvalue weighted by Gasteiger charge is 2.31. The average molecular weight is 382 g/mol. The van der Waals surface area contributed by atoms with Gasteiger partial charge in [0.05, 0.1) is 17.1 Å². The maximum atomic E-state index is 12.4. The predicted octanol–water partition coefficient (Wildman–Crippen LogP) is 1.75. The SMILES string of the molecule is CCCCNc1ccccc1C(=O)O[C@H](C)C(=O)N[C@H]1CCS(=O)(=O)C1. The molecule has 2 rings (SSSR count). The highest BCUT2D eigenvalue weighted by atomic mass is 32.2. The van der Waals surface area contributed by atoms with Gasteiger partial charge in [-0.1, -0.05) is 25.5 Å². The third-order valence-corrected chi connectivity index (χ3v) is 5.99. The van der Waals surface area contributed by atoms with Gasteiger partial charge in [0.25, 0.3) is 5.91 Å². The Bertz CT molecular complexity index is 748. The van der Waals surface area contributed by atoms with Gasteiger partial charge in [-0.15, -0.1) is 0 Å². The van der Waals surface area contributed by atoms with Gasteiger partial charge in [-0.25, -0.2) is 13.2 Å². The molecule has 0 radical (unpaired) electrons. The Labute approximate surface area is 154 Å². The third-order valence-electron chi connectivity index (χ3n) is 4.22. The fourth-order valence-electron chi connectivity index (χ4n) is 2.72. The molecule has 1 aromatic carbocycles.